The van der Waals surface area contributed by atoms with Crippen LogP contribution in [0.2, 0.25) is 0 Å². The summed E-state index contributed by atoms with van der Waals surface area (Å²) >= 11 is 0. The summed E-state index contributed by atoms with van der Waals surface area (Å²) in [6, 6.07) is 9.45. The topological polar surface area (TPSA) is 119 Å². The van der Waals surface area contributed by atoms with Crippen molar-refractivity contribution in [2.75, 3.05) is 57.6 Å². The molecule has 1 fully saturated rings. The molecule has 1 saturated heterocycles. The molecule has 3 N–H and O–H groups in total. The number of nitrogens with two attached hydrogens (primary N) is 1. The van der Waals surface area contributed by atoms with E-state index in [0.29, 0.717) is 61.1 Å². The summed E-state index contributed by atoms with van der Waals surface area (Å²) in [4.78, 5) is 30.1. The minimum atomic E-state index is -0.0194. The predicted octanol–water partition coefficient (Wildman–Crippen LogP) is 2.92. The third-order valence-corrected chi connectivity index (χ3v) is 5.89. The Morgan fingerprint density at radius 1 is 1.03 bits per heavy atom. The molecule has 180 valence electrons. The molecule has 0 aliphatic carbocycles. The fraction of sp³-hybridized carbons (Fsp3) is 0.417. The van der Waals surface area contributed by atoms with Crippen molar-refractivity contribution >= 4 is 28.8 Å². The standard InChI is InChI=1S/C24H31N7O3/c1-4-5-10-26-24(32)31-13-11-30(12-14-31)22-21-18(28-23(25)29-22)8-7-17(27-21)16-6-9-19(33-2)20(15-16)34-3/h6-9,15H,4-5,10-14H2,1-3H3,(H,26,32)(H2,25,28,29). The predicted molar refractivity (Wildman–Crippen MR) is 132 cm³/mol. The lowest BCUT2D eigenvalue weighted by atomic mass is 10.1. The molecule has 1 aliphatic heterocycles. The molecule has 0 spiro atoms. The number of anilines is 2. The second kappa shape index (κ2) is 10.4. The number of hydrogen-bond donors (Lipinski definition) is 2. The first kappa shape index (κ1) is 23.3. The van der Waals surface area contributed by atoms with Crippen LogP contribution in [0.15, 0.2) is 30.3 Å². The molecule has 0 atom stereocenters. The van der Waals surface area contributed by atoms with Crippen molar-refractivity contribution in [2.24, 2.45) is 0 Å². The summed E-state index contributed by atoms with van der Waals surface area (Å²) in [7, 11) is 3.21. The summed E-state index contributed by atoms with van der Waals surface area (Å²) in [6.45, 7) is 5.26. The van der Waals surface area contributed by atoms with Crippen molar-refractivity contribution in [3.05, 3.63) is 30.3 Å². The number of nitrogen functional groups attached to an aromatic ring is 1. The highest BCUT2D eigenvalue weighted by atomic mass is 16.5. The minimum Gasteiger partial charge on any atom is -0.493 e. The molecule has 3 heterocycles. The Hall–Kier alpha value is -3.82. The average Bonchev–Trinajstić information content (AvgIpc) is 2.87. The number of piperazine rings is 1. The quantitative estimate of drug-likeness (QED) is 0.511. The number of nitrogens with one attached hydrogen (secondary N) is 1. The number of nitrogens with zero attached hydrogens (tertiary/aromatic N) is 5. The van der Waals surface area contributed by atoms with Crippen LogP contribution in [0, 0.1) is 0 Å². The fourth-order valence-corrected chi connectivity index (χ4v) is 4.00. The molecule has 0 radical (unpaired) electrons. The van der Waals surface area contributed by atoms with Crippen LogP contribution < -0.4 is 25.4 Å². The van der Waals surface area contributed by atoms with Crippen LogP contribution in [0.25, 0.3) is 22.3 Å². The number of amides is 2. The highest BCUT2D eigenvalue weighted by Gasteiger charge is 2.24. The molecule has 10 heteroatoms. The van der Waals surface area contributed by atoms with Gasteiger partial charge in [-0.05, 0) is 36.8 Å². The summed E-state index contributed by atoms with van der Waals surface area (Å²) < 4.78 is 10.8. The largest absolute Gasteiger partial charge is 0.493 e. The minimum absolute atomic E-state index is 0.0194. The van der Waals surface area contributed by atoms with E-state index in [0.717, 1.165) is 24.1 Å². The first-order valence-corrected chi connectivity index (χ1v) is 11.5. The van der Waals surface area contributed by atoms with Crippen molar-refractivity contribution in [1.82, 2.24) is 25.2 Å². The highest BCUT2D eigenvalue weighted by molar-refractivity contribution is 5.89. The Labute approximate surface area is 199 Å². The Balaban J connectivity index is 1.59. The van der Waals surface area contributed by atoms with E-state index in [4.69, 9.17) is 20.2 Å². The van der Waals surface area contributed by atoms with Gasteiger partial charge in [-0.3, -0.25) is 0 Å². The molecule has 1 aliphatic rings. The fourth-order valence-electron chi connectivity index (χ4n) is 4.00. The SMILES string of the molecule is CCCCNC(=O)N1CCN(c2nc(N)nc3ccc(-c4ccc(OC)c(OC)c4)nc23)CC1. The van der Waals surface area contributed by atoms with Crippen molar-refractivity contribution in [3.8, 4) is 22.8 Å². The van der Waals surface area contributed by atoms with Crippen LogP contribution in [0.3, 0.4) is 0 Å². The molecule has 10 nitrogen and oxygen atoms in total. The molecule has 2 aromatic heterocycles. The van der Waals surface area contributed by atoms with Crippen LogP contribution >= 0.6 is 0 Å². The van der Waals surface area contributed by atoms with Crippen LogP contribution in [-0.2, 0) is 0 Å². The number of ether oxygens (including phenoxy) is 2. The van der Waals surface area contributed by atoms with Crippen molar-refractivity contribution in [3.63, 3.8) is 0 Å². The number of rotatable bonds is 7. The van der Waals surface area contributed by atoms with Crippen LogP contribution in [0.4, 0.5) is 16.6 Å². The second-order valence-electron chi connectivity index (χ2n) is 8.10. The Bertz CT molecular complexity index is 1160. The van der Waals surface area contributed by atoms with E-state index in [1.165, 1.54) is 0 Å². The van der Waals surface area contributed by atoms with Gasteiger partial charge in [-0.2, -0.15) is 4.98 Å². The van der Waals surface area contributed by atoms with Gasteiger partial charge in [-0.1, -0.05) is 13.3 Å². The zero-order chi connectivity index (χ0) is 24.1. The molecule has 1 aromatic carbocycles. The smallest absolute Gasteiger partial charge is 0.317 e. The molecule has 0 unspecified atom stereocenters. The molecule has 4 rings (SSSR count). The number of carbonyl (C=O) groups excluding carboxylic acids is 1. The van der Waals surface area contributed by atoms with Gasteiger partial charge in [-0.25, -0.2) is 14.8 Å². The number of aromatic nitrogens is 3. The Morgan fingerprint density at radius 3 is 2.50 bits per heavy atom. The number of fused-ring (bicyclic) bond motifs is 1. The monoisotopic (exact) mass is 465 g/mol. The van der Waals surface area contributed by atoms with Gasteiger partial charge in [0, 0.05) is 38.3 Å². The van der Waals surface area contributed by atoms with Gasteiger partial charge < -0.3 is 30.3 Å². The number of carbonyl (C=O) groups is 1. The van der Waals surface area contributed by atoms with Crippen LogP contribution in [-0.4, -0.2) is 72.8 Å². The average molecular weight is 466 g/mol. The Morgan fingerprint density at radius 2 is 1.79 bits per heavy atom. The molecule has 0 bridgehead atoms. The van der Waals surface area contributed by atoms with Crippen molar-refractivity contribution < 1.29 is 14.3 Å². The molecule has 2 amide bonds. The molecule has 0 saturated carbocycles. The first-order chi connectivity index (χ1) is 16.5. The number of urea groups is 1. The van der Waals surface area contributed by atoms with Gasteiger partial charge in [0.2, 0.25) is 5.95 Å². The maximum absolute atomic E-state index is 12.4. The van der Waals surface area contributed by atoms with Gasteiger partial charge >= 0.3 is 6.03 Å². The second-order valence-corrected chi connectivity index (χ2v) is 8.10. The third kappa shape index (κ3) is 4.90. The lowest BCUT2D eigenvalue weighted by Gasteiger charge is -2.35. The third-order valence-electron chi connectivity index (χ3n) is 5.89. The molecular formula is C24H31N7O3. The zero-order valence-corrected chi connectivity index (χ0v) is 19.9. The van der Waals surface area contributed by atoms with Crippen molar-refractivity contribution in [1.29, 1.82) is 0 Å². The highest BCUT2D eigenvalue weighted by Crippen LogP contribution is 2.33. The van der Waals surface area contributed by atoms with Gasteiger partial charge in [-0.15, -0.1) is 0 Å². The number of benzene rings is 1. The molecule has 3 aromatic rings. The van der Waals surface area contributed by atoms with E-state index in [1.807, 2.05) is 35.2 Å². The van der Waals surface area contributed by atoms with E-state index >= 15 is 0 Å². The van der Waals surface area contributed by atoms with Crippen LogP contribution in [0.1, 0.15) is 19.8 Å². The lowest BCUT2D eigenvalue weighted by Crippen LogP contribution is -2.52. The molecule has 34 heavy (non-hydrogen) atoms. The summed E-state index contributed by atoms with van der Waals surface area (Å²) in [5.74, 6) is 2.16. The maximum Gasteiger partial charge on any atom is 0.317 e. The van der Waals surface area contributed by atoms with E-state index in [2.05, 4.69) is 27.1 Å². The van der Waals surface area contributed by atoms with Gasteiger partial charge in [0.1, 0.15) is 5.52 Å². The van der Waals surface area contributed by atoms with Gasteiger partial charge in [0.25, 0.3) is 0 Å². The number of hydrogen-bond acceptors (Lipinski definition) is 8. The maximum atomic E-state index is 12.4. The van der Waals surface area contributed by atoms with Crippen LogP contribution in [0.5, 0.6) is 11.5 Å². The summed E-state index contributed by atoms with van der Waals surface area (Å²) in [6.07, 6.45) is 2.03. The lowest BCUT2D eigenvalue weighted by molar-refractivity contribution is 0.194. The van der Waals surface area contributed by atoms with E-state index in [-0.39, 0.29) is 12.0 Å². The summed E-state index contributed by atoms with van der Waals surface area (Å²) in [5.41, 5.74) is 9.00. The first-order valence-electron chi connectivity index (χ1n) is 11.5. The van der Waals surface area contributed by atoms with Crippen molar-refractivity contribution in [2.45, 2.75) is 19.8 Å². The van der Waals surface area contributed by atoms with Gasteiger partial charge in [0.15, 0.2) is 17.3 Å². The van der Waals surface area contributed by atoms with E-state index in [1.54, 1.807) is 14.2 Å². The Kier molecular flexibility index (Phi) is 7.15. The van der Waals surface area contributed by atoms with E-state index in [9.17, 15) is 4.79 Å². The normalized spacial score (nSPS) is 13.7. The zero-order valence-electron chi connectivity index (χ0n) is 19.9. The number of unbranched alkanes of at least 4 members (excludes halogenated alkanes) is 1. The van der Waals surface area contributed by atoms with E-state index < -0.39 is 0 Å². The number of pyridine rings is 1. The van der Waals surface area contributed by atoms with Gasteiger partial charge in [0.05, 0.1) is 25.4 Å². The summed E-state index contributed by atoms with van der Waals surface area (Å²) in [5, 5.41) is 2.98. The molecular weight excluding hydrogens is 434 g/mol. The number of methoxy groups -OCH3 is 2.